The van der Waals surface area contributed by atoms with Gasteiger partial charge in [0.15, 0.2) is 0 Å². The lowest BCUT2D eigenvalue weighted by molar-refractivity contribution is -0.139. The number of nitrogens with zero attached hydrogens (tertiary/aromatic N) is 3. The summed E-state index contributed by atoms with van der Waals surface area (Å²) in [6.07, 6.45) is 11.9. The van der Waals surface area contributed by atoms with Crippen molar-refractivity contribution < 1.29 is 14.7 Å². The van der Waals surface area contributed by atoms with Crippen molar-refractivity contribution in [3.63, 3.8) is 0 Å². The fraction of sp³-hybridized carbons (Fsp3) is 0.762. The van der Waals surface area contributed by atoms with Crippen molar-refractivity contribution in [2.45, 2.75) is 82.8 Å². The predicted octanol–water partition coefficient (Wildman–Crippen LogP) is 2.75. The summed E-state index contributed by atoms with van der Waals surface area (Å²) in [5.41, 5.74) is 1.64. The Morgan fingerprint density at radius 2 is 1.93 bits per heavy atom. The Morgan fingerprint density at radius 1 is 1.21 bits per heavy atom. The summed E-state index contributed by atoms with van der Waals surface area (Å²) in [6, 6.07) is 0.828. The van der Waals surface area contributed by atoms with Crippen LogP contribution in [0.15, 0.2) is 6.20 Å². The van der Waals surface area contributed by atoms with Gasteiger partial charge in [0, 0.05) is 24.3 Å². The van der Waals surface area contributed by atoms with Gasteiger partial charge in [0.1, 0.15) is 0 Å². The lowest BCUT2D eigenvalue weighted by Gasteiger charge is -2.42. The highest BCUT2D eigenvalue weighted by atomic mass is 16.4. The molecule has 2 N–H and O–H groups in total. The number of carboxylic acids is 1. The van der Waals surface area contributed by atoms with Crippen LogP contribution in [0.3, 0.4) is 0 Å². The Labute approximate surface area is 166 Å². The Hall–Kier alpha value is -1.89. The molecule has 0 aliphatic heterocycles. The van der Waals surface area contributed by atoms with Crippen molar-refractivity contribution in [3.8, 4) is 0 Å². The molecular weight excluding hydrogens is 356 g/mol. The Kier molecular flexibility index (Phi) is 5.71. The topological polar surface area (TPSA) is 87.5 Å². The van der Waals surface area contributed by atoms with Gasteiger partial charge in [-0.1, -0.05) is 19.3 Å². The monoisotopic (exact) mass is 388 g/mol. The van der Waals surface area contributed by atoms with Crippen LogP contribution in [-0.2, 0) is 4.79 Å². The number of aliphatic carboxylic acids is 1. The minimum Gasteiger partial charge on any atom is -0.480 e. The Morgan fingerprint density at radius 3 is 2.57 bits per heavy atom. The van der Waals surface area contributed by atoms with E-state index in [1.807, 2.05) is 11.6 Å². The third kappa shape index (κ3) is 4.40. The van der Waals surface area contributed by atoms with Gasteiger partial charge < -0.3 is 10.4 Å². The number of carbonyl (C=O) groups excluding carboxylic acids is 1. The van der Waals surface area contributed by atoms with Crippen LogP contribution in [0.2, 0.25) is 0 Å². The third-order valence-electron chi connectivity index (χ3n) is 6.70. The third-order valence-corrected chi connectivity index (χ3v) is 6.70. The van der Waals surface area contributed by atoms with E-state index in [4.69, 9.17) is 5.11 Å². The number of hydrogen-bond donors (Lipinski definition) is 2. The largest absolute Gasteiger partial charge is 0.480 e. The highest BCUT2D eigenvalue weighted by Crippen LogP contribution is 2.34. The molecule has 0 unspecified atom stereocenters. The minimum absolute atomic E-state index is 0.0463. The van der Waals surface area contributed by atoms with Gasteiger partial charge in [-0.15, -0.1) is 0 Å². The van der Waals surface area contributed by atoms with Crippen LogP contribution in [-0.4, -0.2) is 56.8 Å². The van der Waals surface area contributed by atoms with Gasteiger partial charge in [-0.25, -0.2) is 0 Å². The molecule has 1 aromatic heterocycles. The summed E-state index contributed by atoms with van der Waals surface area (Å²) in [5.74, 6) is -0.143. The van der Waals surface area contributed by atoms with Gasteiger partial charge >= 0.3 is 5.97 Å². The van der Waals surface area contributed by atoms with E-state index in [1.165, 1.54) is 32.1 Å². The van der Waals surface area contributed by atoms with Gasteiger partial charge in [0.05, 0.1) is 24.3 Å². The van der Waals surface area contributed by atoms with E-state index in [9.17, 15) is 9.59 Å². The first-order valence-electron chi connectivity index (χ1n) is 10.8. The first-order chi connectivity index (χ1) is 13.5. The maximum Gasteiger partial charge on any atom is 0.317 e. The molecule has 0 saturated heterocycles. The second kappa shape index (κ2) is 8.23. The normalized spacial score (nSPS) is 25.5. The molecule has 0 bridgehead atoms. The van der Waals surface area contributed by atoms with Crippen LogP contribution in [0.1, 0.15) is 79.9 Å². The molecule has 0 atom stereocenters. The zero-order chi connectivity index (χ0) is 19.7. The molecule has 7 heteroatoms. The number of nitrogens with one attached hydrogen (secondary N) is 1. The zero-order valence-corrected chi connectivity index (χ0v) is 16.8. The van der Waals surface area contributed by atoms with Crippen molar-refractivity contribution >= 4 is 11.9 Å². The van der Waals surface area contributed by atoms with E-state index in [-0.39, 0.29) is 24.5 Å². The van der Waals surface area contributed by atoms with Gasteiger partial charge in [-0.3, -0.25) is 19.2 Å². The molecule has 3 aliphatic rings. The number of aromatic nitrogens is 2. The average Bonchev–Trinajstić information content (AvgIpc) is 3.36. The maximum atomic E-state index is 12.7. The first kappa shape index (κ1) is 19.4. The second-order valence-corrected chi connectivity index (χ2v) is 8.94. The van der Waals surface area contributed by atoms with Gasteiger partial charge in [-0.05, 0) is 51.4 Å². The number of carbonyl (C=O) groups is 2. The average molecular weight is 389 g/mol. The molecule has 0 spiro atoms. The second-order valence-electron chi connectivity index (χ2n) is 8.94. The number of amides is 1. The van der Waals surface area contributed by atoms with Crippen LogP contribution >= 0.6 is 0 Å². The highest BCUT2D eigenvalue weighted by Gasteiger charge is 2.38. The van der Waals surface area contributed by atoms with E-state index in [0.717, 1.165) is 37.9 Å². The Balaban J connectivity index is 1.30. The molecule has 28 heavy (non-hydrogen) atoms. The standard InChI is InChI=1S/C21H32N4O3/c1-14-19(11-22-25(14)17-5-3-2-4-6-17)21(28)23-16-9-18(10-16)24(13-20(26)27)12-15-7-8-15/h11,15-18H,2-10,12-13H2,1H3,(H,23,28)(H,26,27). The molecule has 0 radical (unpaired) electrons. The SMILES string of the molecule is Cc1c(C(=O)NC2CC(N(CC(=O)O)CC3CC3)C2)cnn1C1CCCCC1. The quantitative estimate of drug-likeness (QED) is 0.715. The fourth-order valence-electron chi connectivity index (χ4n) is 4.76. The highest BCUT2D eigenvalue weighted by molar-refractivity contribution is 5.95. The summed E-state index contributed by atoms with van der Waals surface area (Å²) in [4.78, 5) is 26.0. The maximum absolute atomic E-state index is 12.7. The minimum atomic E-state index is -0.765. The fourth-order valence-corrected chi connectivity index (χ4v) is 4.76. The zero-order valence-electron chi connectivity index (χ0n) is 16.8. The molecule has 3 aliphatic carbocycles. The molecule has 1 aromatic rings. The number of rotatable bonds is 8. The molecule has 3 fully saturated rings. The number of hydrogen-bond acceptors (Lipinski definition) is 4. The number of carboxylic acid groups (broad SMARTS) is 1. The van der Waals surface area contributed by atoms with Gasteiger partial charge in [-0.2, -0.15) is 5.10 Å². The van der Waals surface area contributed by atoms with Gasteiger partial charge in [0.2, 0.25) is 0 Å². The van der Waals surface area contributed by atoms with Crippen molar-refractivity contribution in [1.29, 1.82) is 0 Å². The molecule has 0 aromatic carbocycles. The van der Waals surface area contributed by atoms with Crippen LogP contribution < -0.4 is 5.32 Å². The summed E-state index contributed by atoms with van der Waals surface area (Å²) in [5, 5.41) is 16.8. The van der Waals surface area contributed by atoms with Crippen LogP contribution in [0, 0.1) is 12.8 Å². The van der Waals surface area contributed by atoms with Crippen LogP contribution in [0.25, 0.3) is 0 Å². The van der Waals surface area contributed by atoms with Crippen molar-refractivity contribution in [2.24, 2.45) is 5.92 Å². The van der Waals surface area contributed by atoms with Crippen molar-refractivity contribution in [2.75, 3.05) is 13.1 Å². The van der Waals surface area contributed by atoms with E-state index in [2.05, 4.69) is 15.3 Å². The van der Waals surface area contributed by atoms with Crippen LogP contribution in [0.5, 0.6) is 0 Å². The summed E-state index contributed by atoms with van der Waals surface area (Å²) < 4.78 is 2.04. The van der Waals surface area contributed by atoms with E-state index >= 15 is 0 Å². The van der Waals surface area contributed by atoms with E-state index < -0.39 is 5.97 Å². The summed E-state index contributed by atoms with van der Waals surface area (Å²) in [6.45, 7) is 2.98. The van der Waals surface area contributed by atoms with Crippen molar-refractivity contribution in [1.82, 2.24) is 20.0 Å². The van der Waals surface area contributed by atoms with Crippen molar-refractivity contribution in [3.05, 3.63) is 17.5 Å². The molecule has 3 saturated carbocycles. The molecular formula is C21H32N4O3. The lowest BCUT2D eigenvalue weighted by Crippen LogP contribution is -2.55. The van der Waals surface area contributed by atoms with Crippen LogP contribution in [0.4, 0.5) is 0 Å². The smallest absolute Gasteiger partial charge is 0.317 e. The molecule has 154 valence electrons. The molecule has 4 rings (SSSR count). The molecule has 1 amide bonds. The lowest BCUT2D eigenvalue weighted by atomic mass is 9.85. The molecule has 1 heterocycles. The predicted molar refractivity (Wildman–Crippen MR) is 105 cm³/mol. The summed E-state index contributed by atoms with van der Waals surface area (Å²) >= 11 is 0. The van der Waals surface area contributed by atoms with Gasteiger partial charge in [0.25, 0.3) is 5.91 Å². The van der Waals surface area contributed by atoms with E-state index in [0.29, 0.717) is 17.5 Å². The Bertz CT molecular complexity index is 715. The van der Waals surface area contributed by atoms with E-state index in [1.54, 1.807) is 6.20 Å². The summed E-state index contributed by atoms with van der Waals surface area (Å²) in [7, 11) is 0. The molecule has 7 nitrogen and oxygen atoms in total. The first-order valence-corrected chi connectivity index (χ1v) is 10.8.